The van der Waals surface area contributed by atoms with Crippen LogP contribution in [0.3, 0.4) is 0 Å². The molecule has 0 amide bonds. The summed E-state index contributed by atoms with van der Waals surface area (Å²) in [5, 5.41) is 11.7. The monoisotopic (exact) mass is 332 g/mol. The number of aryl methyl sites for hydroxylation is 2. The van der Waals surface area contributed by atoms with Gasteiger partial charge in [0.2, 0.25) is 5.95 Å². The molecule has 3 rings (SSSR count). The minimum absolute atomic E-state index is 0.190. The van der Waals surface area contributed by atoms with E-state index in [4.69, 9.17) is 9.47 Å². The van der Waals surface area contributed by atoms with E-state index in [0.717, 1.165) is 11.3 Å². The van der Waals surface area contributed by atoms with E-state index in [1.807, 2.05) is 27.1 Å². The van der Waals surface area contributed by atoms with Crippen molar-refractivity contribution in [2.24, 2.45) is 7.05 Å². The number of hydrogen-bond donors (Lipinski definition) is 1. The van der Waals surface area contributed by atoms with E-state index in [9.17, 15) is 4.79 Å². The lowest BCUT2D eigenvalue weighted by Gasteiger charge is -2.27. The highest BCUT2D eigenvalue weighted by Gasteiger charge is 2.36. The highest BCUT2D eigenvalue weighted by Crippen LogP contribution is 2.36. The van der Waals surface area contributed by atoms with Crippen LogP contribution in [0.5, 0.6) is 0 Å². The van der Waals surface area contributed by atoms with Crippen molar-refractivity contribution >= 4 is 11.9 Å². The quantitative estimate of drug-likeness (QED) is 0.639. The molecule has 1 atom stereocenters. The number of carbonyl (C=O) groups is 1. The molecule has 0 saturated heterocycles. The summed E-state index contributed by atoms with van der Waals surface area (Å²) in [4.78, 5) is 16.8. The van der Waals surface area contributed by atoms with Crippen LogP contribution in [-0.2, 0) is 21.3 Å². The number of hydrogen-bond acceptors (Lipinski definition) is 7. The van der Waals surface area contributed by atoms with Crippen LogP contribution in [0.2, 0.25) is 0 Å². The number of nitrogens with zero attached hydrogens (tertiary/aromatic N) is 5. The number of ether oxygens (including phenoxy) is 2. The van der Waals surface area contributed by atoms with Gasteiger partial charge < -0.3 is 14.8 Å². The molecule has 0 aliphatic carbocycles. The molecule has 0 spiro atoms. The van der Waals surface area contributed by atoms with Gasteiger partial charge in [-0.3, -0.25) is 4.68 Å². The van der Waals surface area contributed by atoms with Gasteiger partial charge in [-0.05, 0) is 13.8 Å². The van der Waals surface area contributed by atoms with Crippen LogP contribution >= 0.6 is 0 Å². The second-order valence-electron chi connectivity index (χ2n) is 5.57. The Kier molecular flexibility index (Phi) is 4.34. The van der Waals surface area contributed by atoms with E-state index in [0.29, 0.717) is 23.8 Å². The maximum Gasteiger partial charge on any atom is 0.338 e. The number of anilines is 1. The number of methoxy groups -OCH3 is 1. The smallest absolute Gasteiger partial charge is 0.338 e. The summed E-state index contributed by atoms with van der Waals surface area (Å²) in [6, 6.07) is -0.438. The molecule has 9 heteroatoms. The lowest BCUT2D eigenvalue weighted by molar-refractivity contribution is -0.140. The van der Waals surface area contributed by atoms with Gasteiger partial charge in [0.15, 0.2) is 0 Å². The maximum atomic E-state index is 12.7. The summed E-state index contributed by atoms with van der Waals surface area (Å²) in [7, 11) is 3.40. The van der Waals surface area contributed by atoms with Gasteiger partial charge in [-0.2, -0.15) is 15.2 Å². The third-order valence-electron chi connectivity index (χ3n) is 3.88. The van der Waals surface area contributed by atoms with Gasteiger partial charge in [0.1, 0.15) is 19.0 Å². The average Bonchev–Trinajstić information content (AvgIpc) is 3.11. The molecule has 24 heavy (non-hydrogen) atoms. The first-order chi connectivity index (χ1) is 11.5. The second kappa shape index (κ2) is 6.44. The van der Waals surface area contributed by atoms with E-state index in [-0.39, 0.29) is 6.61 Å². The van der Waals surface area contributed by atoms with Crippen LogP contribution in [-0.4, -0.2) is 50.8 Å². The fourth-order valence-corrected chi connectivity index (χ4v) is 2.82. The Morgan fingerprint density at radius 3 is 2.83 bits per heavy atom. The molecule has 3 heterocycles. The molecule has 0 fully saturated rings. The number of fused-ring (bicyclic) bond motifs is 1. The van der Waals surface area contributed by atoms with Crippen molar-refractivity contribution in [1.82, 2.24) is 24.5 Å². The number of rotatable bonds is 5. The molecule has 0 aromatic carbocycles. The maximum absolute atomic E-state index is 12.7. The molecule has 9 nitrogen and oxygen atoms in total. The summed E-state index contributed by atoms with van der Waals surface area (Å²) >= 11 is 0. The summed E-state index contributed by atoms with van der Waals surface area (Å²) in [5.41, 5.74) is 2.87. The van der Waals surface area contributed by atoms with Gasteiger partial charge in [-0.15, -0.1) is 0 Å². The van der Waals surface area contributed by atoms with Gasteiger partial charge >= 0.3 is 5.97 Å². The van der Waals surface area contributed by atoms with E-state index in [2.05, 4.69) is 20.5 Å². The van der Waals surface area contributed by atoms with Crippen molar-refractivity contribution in [1.29, 1.82) is 0 Å². The molecule has 1 N–H and O–H groups in total. The Morgan fingerprint density at radius 2 is 2.17 bits per heavy atom. The predicted molar refractivity (Wildman–Crippen MR) is 85.3 cm³/mol. The largest absolute Gasteiger partial charge is 0.460 e. The fourth-order valence-electron chi connectivity index (χ4n) is 2.82. The van der Waals surface area contributed by atoms with E-state index in [1.165, 1.54) is 6.33 Å². The minimum Gasteiger partial charge on any atom is -0.460 e. The van der Waals surface area contributed by atoms with Crippen molar-refractivity contribution in [3.63, 3.8) is 0 Å². The normalized spacial score (nSPS) is 16.8. The lowest BCUT2D eigenvalue weighted by atomic mass is 9.96. The molecule has 0 unspecified atom stereocenters. The molecular weight excluding hydrogens is 312 g/mol. The Hall–Kier alpha value is -2.68. The standard InChI is InChI=1S/C15H20N6O3/c1-9-11(7-20(3)19-9)13-12(14(22)24-6-5-23-4)10(2)18-15-16-8-17-21(13)15/h7-8,13H,5-6H2,1-4H3,(H,16,17,18)/t13-/m0/s1. The highest BCUT2D eigenvalue weighted by molar-refractivity contribution is 5.92. The Balaban J connectivity index is 2.03. The second-order valence-corrected chi connectivity index (χ2v) is 5.57. The van der Waals surface area contributed by atoms with Crippen molar-refractivity contribution in [2.75, 3.05) is 25.6 Å². The highest BCUT2D eigenvalue weighted by atomic mass is 16.6. The predicted octanol–water partition coefficient (Wildman–Crippen LogP) is 0.799. The third-order valence-corrected chi connectivity index (χ3v) is 3.88. The number of nitrogens with one attached hydrogen (secondary N) is 1. The first-order valence-corrected chi connectivity index (χ1v) is 7.56. The summed E-state index contributed by atoms with van der Waals surface area (Å²) in [6.45, 7) is 4.26. The first-order valence-electron chi connectivity index (χ1n) is 7.56. The fraction of sp³-hybridized carbons (Fsp3) is 0.467. The molecule has 1 aliphatic rings. The molecule has 0 bridgehead atoms. The van der Waals surface area contributed by atoms with Crippen LogP contribution in [0.1, 0.15) is 24.2 Å². The summed E-state index contributed by atoms with van der Waals surface area (Å²) in [5.74, 6) is 0.167. The number of esters is 1. The molecular formula is C15H20N6O3. The Bertz CT molecular complexity index is 791. The number of aromatic nitrogens is 5. The van der Waals surface area contributed by atoms with Crippen molar-refractivity contribution in [3.05, 3.63) is 35.1 Å². The molecule has 128 valence electrons. The third kappa shape index (κ3) is 2.78. The molecule has 2 aromatic heterocycles. The van der Waals surface area contributed by atoms with Crippen molar-refractivity contribution < 1.29 is 14.3 Å². The van der Waals surface area contributed by atoms with Crippen molar-refractivity contribution in [2.45, 2.75) is 19.9 Å². The number of allylic oxidation sites excluding steroid dienone is 1. The van der Waals surface area contributed by atoms with Gasteiger partial charge in [0, 0.05) is 31.6 Å². The Morgan fingerprint density at radius 1 is 1.38 bits per heavy atom. The molecule has 2 aromatic rings. The minimum atomic E-state index is -0.438. The van der Waals surface area contributed by atoms with Crippen LogP contribution < -0.4 is 5.32 Å². The zero-order chi connectivity index (χ0) is 17.3. The Labute approximate surface area is 139 Å². The van der Waals surface area contributed by atoms with Crippen LogP contribution in [0.15, 0.2) is 23.8 Å². The lowest BCUT2D eigenvalue weighted by Crippen LogP contribution is -2.30. The van der Waals surface area contributed by atoms with Gasteiger partial charge in [0.05, 0.1) is 17.9 Å². The topological polar surface area (TPSA) is 96.1 Å². The summed E-state index contributed by atoms with van der Waals surface area (Å²) < 4.78 is 13.7. The zero-order valence-electron chi connectivity index (χ0n) is 14.1. The number of carbonyl (C=O) groups excluding carboxylic acids is 1. The van der Waals surface area contributed by atoms with Crippen molar-refractivity contribution in [3.8, 4) is 0 Å². The van der Waals surface area contributed by atoms with E-state index < -0.39 is 12.0 Å². The molecule has 1 aliphatic heterocycles. The van der Waals surface area contributed by atoms with Crippen LogP contribution in [0.25, 0.3) is 0 Å². The first kappa shape index (κ1) is 16.2. The van der Waals surface area contributed by atoms with Gasteiger partial charge in [0.25, 0.3) is 0 Å². The van der Waals surface area contributed by atoms with Crippen LogP contribution in [0, 0.1) is 6.92 Å². The van der Waals surface area contributed by atoms with E-state index >= 15 is 0 Å². The summed E-state index contributed by atoms with van der Waals surface area (Å²) in [6.07, 6.45) is 3.33. The van der Waals surface area contributed by atoms with E-state index in [1.54, 1.807) is 16.5 Å². The van der Waals surface area contributed by atoms with Gasteiger partial charge in [-0.1, -0.05) is 0 Å². The van der Waals surface area contributed by atoms with Gasteiger partial charge in [-0.25, -0.2) is 9.48 Å². The molecule has 0 radical (unpaired) electrons. The zero-order valence-corrected chi connectivity index (χ0v) is 14.1. The van der Waals surface area contributed by atoms with Crippen LogP contribution in [0.4, 0.5) is 5.95 Å². The average molecular weight is 332 g/mol. The SMILES string of the molecule is COCCOC(=O)C1=C(C)Nc2ncnn2[C@H]1c1cn(C)nc1C. The molecule has 0 saturated carbocycles.